The SMILES string of the molecule is NC(=O)NC(=O)CCNC(=O)c1cccc(Oc2cccc(C(F)(F)F)c2)c1. The molecule has 4 N–H and O–H groups in total. The van der Waals surface area contributed by atoms with Gasteiger partial charge >= 0.3 is 12.2 Å². The molecule has 7 nitrogen and oxygen atoms in total. The Labute approximate surface area is 157 Å². The van der Waals surface area contributed by atoms with Crippen LogP contribution in [0.25, 0.3) is 0 Å². The van der Waals surface area contributed by atoms with Crippen molar-refractivity contribution in [2.45, 2.75) is 12.6 Å². The average Bonchev–Trinajstić information content (AvgIpc) is 2.60. The van der Waals surface area contributed by atoms with E-state index in [0.717, 1.165) is 12.1 Å². The molecule has 148 valence electrons. The zero-order valence-corrected chi connectivity index (χ0v) is 14.4. The Morgan fingerprint density at radius 2 is 1.64 bits per heavy atom. The number of ether oxygens (including phenoxy) is 1. The molecule has 28 heavy (non-hydrogen) atoms. The fourth-order valence-electron chi connectivity index (χ4n) is 2.16. The molecule has 2 aromatic rings. The van der Waals surface area contributed by atoms with Crippen LogP contribution in [0.3, 0.4) is 0 Å². The van der Waals surface area contributed by atoms with Gasteiger partial charge in [0.1, 0.15) is 11.5 Å². The molecule has 0 aliphatic rings. The van der Waals surface area contributed by atoms with Gasteiger partial charge in [0.2, 0.25) is 5.91 Å². The summed E-state index contributed by atoms with van der Waals surface area (Å²) in [7, 11) is 0. The Kier molecular flexibility index (Phi) is 6.59. The number of amides is 4. The summed E-state index contributed by atoms with van der Waals surface area (Å²) in [5.41, 5.74) is 4.12. The van der Waals surface area contributed by atoms with Gasteiger partial charge in [-0.1, -0.05) is 12.1 Å². The van der Waals surface area contributed by atoms with Gasteiger partial charge in [0.15, 0.2) is 0 Å². The molecule has 2 aromatic carbocycles. The molecule has 10 heteroatoms. The summed E-state index contributed by atoms with van der Waals surface area (Å²) in [4.78, 5) is 33.9. The van der Waals surface area contributed by atoms with Gasteiger partial charge in [0, 0.05) is 18.5 Å². The summed E-state index contributed by atoms with van der Waals surface area (Å²) in [6.07, 6.45) is -4.66. The number of carbonyl (C=O) groups excluding carboxylic acids is 3. The van der Waals surface area contributed by atoms with Gasteiger partial charge in [-0.25, -0.2) is 4.79 Å². The molecule has 2 rings (SSSR count). The Balaban J connectivity index is 1.99. The molecule has 0 spiro atoms. The topological polar surface area (TPSA) is 111 Å². The van der Waals surface area contributed by atoms with Crippen molar-refractivity contribution < 1.29 is 32.3 Å². The second-order valence-corrected chi connectivity index (χ2v) is 5.57. The van der Waals surface area contributed by atoms with E-state index in [2.05, 4.69) is 5.32 Å². The maximum absolute atomic E-state index is 12.8. The number of carbonyl (C=O) groups is 3. The molecule has 0 atom stereocenters. The standard InChI is InChI=1S/C18H16F3N3O4/c19-18(20,21)12-4-2-6-14(10-12)28-13-5-1-3-11(9-13)16(26)23-8-7-15(25)24-17(22)27/h1-6,9-10H,7-8H2,(H,23,26)(H3,22,24,25,27). The molecule has 0 fully saturated rings. The number of imide groups is 1. The van der Waals surface area contributed by atoms with Crippen molar-refractivity contribution in [3.63, 3.8) is 0 Å². The van der Waals surface area contributed by atoms with Crippen LogP contribution in [0.1, 0.15) is 22.3 Å². The highest BCUT2D eigenvalue weighted by molar-refractivity contribution is 5.96. The van der Waals surface area contributed by atoms with Crippen molar-refractivity contribution in [1.29, 1.82) is 0 Å². The van der Waals surface area contributed by atoms with Crippen molar-refractivity contribution in [2.75, 3.05) is 6.54 Å². The number of rotatable bonds is 6. The minimum atomic E-state index is -4.50. The van der Waals surface area contributed by atoms with Crippen molar-refractivity contribution in [1.82, 2.24) is 10.6 Å². The predicted octanol–water partition coefficient (Wildman–Crippen LogP) is 2.81. The molecule has 0 unspecified atom stereocenters. The highest BCUT2D eigenvalue weighted by Crippen LogP contribution is 2.32. The summed E-state index contributed by atoms with van der Waals surface area (Å²) < 4.78 is 43.7. The van der Waals surface area contributed by atoms with E-state index >= 15 is 0 Å². The Bertz CT molecular complexity index is 884. The number of hydrogen-bond donors (Lipinski definition) is 3. The van der Waals surface area contributed by atoms with Crippen LogP contribution in [-0.4, -0.2) is 24.4 Å². The van der Waals surface area contributed by atoms with Gasteiger partial charge < -0.3 is 15.8 Å². The first-order chi connectivity index (χ1) is 13.1. The minimum Gasteiger partial charge on any atom is -0.457 e. The Hall–Kier alpha value is -3.56. The van der Waals surface area contributed by atoms with E-state index in [-0.39, 0.29) is 30.0 Å². The van der Waals surface area contributed by atoms with Crippen LogP contribution in [0, 0.1) is 0 Å². The zero-order valence-electron chi connectivity index (χ0n) is 14.4. The first-order valence-electron chi connectivity index (χ1n) is 7.98. The second-order valence-electron chi connectivity index (χ2n) is 5.57. The van der Waals surface area contributed by atoms with E-state index in [0.29, 0.717) is 0 Å². The first kappa shape index (κ1) is 20.7. The Morgan fingerprint density at radius 3 is 2.29 bits per heavy atom. The third kappa shape index (κ3) is 6.31. The molecular weight excluding hydrogens is 379 g/mol. The molecule has 0 aliphatic heterocycles. The number of urea groups is 1. The quantitative estimate of drug-likeness (QED) is 0.698. The first-order valence-corrected chi connectivity index (χ1v) is 7.98. The molecular formula is C18H16F3N3O4. The van der Waals surface area contributed by atoms with Gasteiger partial charge in [0.05, 0.1) is 5.56 Å². The number of hydrogen-bond acceptors (Lipinski definition) is 4. The predicted molar refractivity (Wildman–Crippen MR) is 92.6 cm³/mol. The fraction of sp³-hybridized carbons (Fsp3) is 0.167. The van der Waals surface area contributed by atoms with Crippen molar-refractivity contribution in [3.8, 4) is 11.5 Å². The number of benzene rings is 2. The summed E-state index contributed by atoms with van der Waals surface area (Å²) in [5.74, 6) is -1.04. The molecule has 0 bridgehead atoms. The molecule has 0 aromatic heterocycles. The van der Waals surface area contributed by atoms with Gasteiger partial charge in [-0.15, -0.1) is 0 Å². The molecule has 0 heterocycles. The summed E-state index contributed by atoms with van der Waals surface area (Å²) in [5, 5.41) is 4.32. The smallest absolute Gasteiger partial charge is 0.416 e. The van der Waals surface area contributed by atoms with E-state index in [9.17, 15) is 27.6 Å². The minimum absolute atomic E-state index is 0.0319. The maximum atomic E-state index is 12.8. The molecule has 0 saturated carbocycles. The number of alkyl halides is 3. The van der Waals surface area contributed by atoms with Gasteiger partial charge in [-0.2, -0.15) is 13.2 Å². The van der Waals surface area contributed by atoms with Crippen LogP contribution in [-0.2, 0) is 11.0 Å². The highest BCUT2D eigenvalue weighted by atomic mass is 19.4. The molecule has 0 aliphatic carbocycles. The van der Waals surface area contributed by atoms with Crippen LogP contribution in [0.4, 0.5) is 18.0 Å². The van der Waals surface area contributed by atoms with Crippen LogP contribution < -0.4 is 21.1 Å². The second kappa shape index (κ2) is 8.89. The maximum Gasteiger partial charge on any atom is 0.416 e. The molecule has 0 radical (unpaired) electrons. The summed E-state index contributed by atoms with van der Waals surface area (Å²) in [6, 6.07) is 9.16. The van der Waals surface area contributed by atoms with Gasteiger partial charge in [0.25, 0.3) is 5.91 Å². The lowest BCUT2D eigenvalue weighted by Gasteiger charge is -2.11. The molecule has 4 amide bonds. The van der Waals surface area contributed by atoms with Crippen molar-refractivity contribution in [3.05, 3.63) is 59.7 Å². The number of nitrogens with two attached hydrogens (primary N) is 1. The molecule has 0 saturated heterocycles. The number of nitrogens with one attached hydrogen (secondary N) is 2. The largest absolute Gasteiger partial charge is 0.457 e. The number of primary amides is 1. The third-order valence-corrected chi connectivity index (χ3v) is 3.39. The normalized spacial score (nSPS) is 10.8. The van der Waals surface area contributed by atoms with Gasteiger partial charge in [-0.05, 0) is 36.4 Å². The van der Waals surface area contributed by atoms with Crippen LogP contribution in [0.15, 0.2) is 48.5 Å². The van der Waals surface area contributed by atoms with Crippen LogP contribution in [0.2, 0.25) is 0 Å². The third-order valence-electron chi connectivity index (χ3n) is 3.39. The van der Waals surface area contributed by atoms with E-state index in [4.69, 9.17) is 10.5 Å². The summed E-state index contributed by atoms with van der Waals surface area (Å²) in [6.45, 7) is -0.0450. The van der Waals surface area contributed by atoms with E-state index in [1.807, 2.05) is 5.32 Å². The lowest BCUT2D eigenvalue weighted by atomic mass is 10.2. The van der Waals surface area contributed by atoms with Crippen molar-refractivity contribution in [2.24, 2.45) is 5.73 Å². The zero-order chi connectivity index (χ0) is 20.7. The number of halogens is 3. The van der Waals surface area contributed by atoms with Crippen LogP contribution in [0.5, 0.6) is 11.5 Å². The van der Waals surface area contributed by atoms with E-state index in [1.54, 1.807) is 0 Å². The monoisotopic (exact) mass is 395 g/mol. The van der Waals surface area contributed by atoms with E-state index < -0.39 is 29.6 Å². The average molecular weight is 395 g/mol. The van der Waals surface area contributed by atoms with Gasteiger partial charge in [-0.3, -0.25) is 14.9 Å². The fourth-order valence-corrected chi connectivity index (χ4v) is 2.16. The Morgan fingerprint density at radius 1 is 1.00 bits per heavy atom. The van der Waals surface area contributed by atoms with E-state index in [1.165, 1.54) is 36.4 Å². The van der Waals surface area contributed by atoms with Crippen LogP contribution >= 0.6 is 0 Å². The highest BCUT2D eigenvalue weighted by Gasteiger charge is 2.30. The van der Waals surface area contributed by atoms with Crippen molar-refractivity contribution >= 4 is 17.8 Å². The summed E-state index contributed by atoms with van der Waals surface area (Å²) >= 11 is 0. The lowest BCUT2D eigenvalue weighted by molar-refractivity contribution is -0.137. The lowest BCUT2D eigenvalue weighted by Crippen LogP contribution is -2.37.